The highest BCUT2D eigenvalue weighted by molar-refractivity contribution is 6.15. The zero-order valence-corrected chi connectivity index (χ0v) is 19.1. The minimum absolute atomic E-state index is 0.0538. The Morgan fingerprint density at radius 1 is 1.09 bits per heavy atom. The van der Waals surface area contributed by atoms with Gasteiger partial charge in [0.2, 0.25) is 0 Å². The molecule has 8 heteroatoms. The van der Waals surface area contributed by atoms with Crippen LogP contribution in [0.5, 0.6) is 11.5 Å². The number of carbonyl (C=O) groups excluding carboxylic acids is 3. The molecular weight excluding hydrogens is 424 g/mol. The number of hydrogen-bond acceptors (Lipinski definition) is 6. The summed E-state index contributed by atoms with van der Waals surface area (Å²) >= 11 is 0. The fourth-order valence-corrected chi connectivity index (χ4v) is 4.55. The van der Waals surface area contributed by atoms with E-state index in [1.54, 1.807) is 30.3 Å². The Morgan fingerprint density at radius 2 is 1.82 bits per heavy atom. The van der Waals surface area contributed by atoms with Crippen molar-refractivity contribution in [3.05, 3.63) is 48.0 Å². The van der Waals surface area contributed by atoms with Crippen LogP contribution in [0.25, 0.3) is 0 Å². The lowest BCUT2D eigenvalue weighted by atomic mass is 9.90. The fraction of sp³-hybridized carbons (Fsp3) is 0.400. The molecule has 0 unspecified atom stereocenters. The molecule has 1 aliphatic heterocycles. The van der Waals surface area contributed by atoms with Crippen molar-refractivity contribution in [2.24, 2.45) is 0 Å². The summed E-state index contributed by atoms with van der Waals surface area (Å²) in [4.78, 5) is 40.5. The topological polar surface area (TPSA) is 94.2 Å². The van der Waals surface area contributed by atoms with Gasteiger partial charge in [0, 0.05) is 0 Å². The Bertz CT molecular complexity index is 1070. The summed E-state index contributed by atoms with van der Waals surface area (Å²) in [6.07, 6.45) is 2.79. The summed E-state index contributed by atoms with van der Waals surface area (Å²) in [7, 11) is 1.49. The van der Waals surface area contributed by atoms with Crippen LogP contribution in [0.3, 0.4) is 0 Å². The van der Waals surface area contributed by atoms with Crippen molar-refractivity contribution in [3.63, 3.8) is 0 Å². The Kier molecular flexibility index (Phi) is 6.26. The normalized spacial score (nSPS) is 16.4. The minimum Gasteiger partial charge on any atom is -0.493 e. The van der Waals surface area contributed by atoms with Crippen molar-refractivity contribution in [1.82, 2.24) is 0 Å². The Hall–Kier alpha value is -3.55. The van der Waals surface area contributed by atoms with Crippen LogP contribution in [0.15, 0.2) is 42.5 Å². The van der Waals surface area contributed by atoms with Gasteiger partial charge in [-0.25, -0.2) is 4.79 Å². The van der Waals surface area contributed by atoms with Crippen molar-refractivity contribution < 1.29 is 28.6 Å². The fourth-order valence-electron chi connectivity index (χ4n) is 4.55. The van der Waals surface area contributed by atoms with Crippen LogP contribution < -0.4 is 19.7 Å². The zero-order chi connectivity index (χ0) is 23.6. The lowest BCUT2D eigenvalue weighted by molar-refractivity contribution is -0.129. The average molecular weight is 453 g/mol. The molecule has 33 heavy (non-hydrogen) atoms. The Labute approximate surface area is 192 Å². The van der Waals surface area contributed by atoms with Crippen LogP contribution in [0.1, 0.15) is 49.9 Å². The van der Waals surface area contributed by atoms with Gasteiger partial charge in [0.05, 0.1) is 30.2 Å². The molecule has 1 N–H and O–H groups in total. The first-order chi connectivity index (χ1) is 15.9. The molecule has 8 nitrogen and oxygen atoms in total. The number of carbonyl (C=O) groups is 3. The zero-order valence-electron chi connectivity index (χ0n) is 19.1. The first-order valence-electron chi connectivity index (χ1n) is 11.1. The minimum atomic E-state index is -0.948. The molecule has 0 aromatic heterocycles. The number of hydrogen-bond donors (Lipinski definition) is 1. The average Bonchev–Trinajstić information content (AvgIpc) is 3.28. The molecule has 0 atom stereocenters. The highest BCUT2D eigenvalue weighted by Crippen LogP contribution is 2.45. The van der Waals surface area contributed by atoms with Gasteiger partial charge in [-0.3, -0.25) is 14.5 Å². The predicted octanol–water partition coefficient (Wildman–Crippen LogP) is 3.94. The van der Waals surface area contributed by atoms with E-state index in [0.717, 1.165) is 12.8 Å². The van der Waals surface area contributed by atoms with Gasteiger partial charge >= 0.3 is 5.97 Å². The number of benzene rings is 2. The number of fused-ring (bicyclic) bond motifs is 1. The second-order valence-electron chi connectivity index (χ2n) is 8.55. The molecule has 1 saturated carbocycles. The molecular formula is C25H28N2O6. The second kappa shape index (κ2) is 9.13. The number of nitrogens with zero attached hydrogens (tertiary/aromatic N) is 1. The number of anilines is 2. The van der Waals surface area contributed by atoms with Gasteiger partial charge in [-0.1, -0.05) is 25.0 Å². The van der Waals surface area contributed by atoms with E-state index in [4.69, 9.17) is 14.2 Å². The third-order valence-electron chi connectivity index (χ3n) is 6.01. The van der Waals surface area contributed by atoms with E-state index in [9.17, 15) is 14.4 Å². The van der Waals surface area contributed by atoms with E-state index in [0.29, 0.717) is 35.7 Å². The summed E-state index contributed by atoms with van der Waals surface area (Å²) in [5.74, 6) is -0.369. The Balaban J connectivity index is 1.53. The highest BCUT2D eigenvalue weighted by Gasteiger charge is 2.52. The Morgan fingerprint density at radius 3 is 2.52 bits per heavy atom. The van der Waals surface area contributed by atoms with E-state index in [1.807, 2.05) is 19.9 Å². The van der Waals surface area contributed by atoms with E-state index in [-0.39, 0.29) is 17.6 Å². The lowest BCUT2D eigenvalue weighted by Crippen LogP contribution is -2.61. The van der Waals surface area contributed by atoms with Gasteiger partial charge in [-0.05, 0) is 57.0 Å². The van der Waals surface area contributed by atoms with Crippen LogP contribution >= 0.6 is 0 Å². The smallest absolute Gasteiger partial charge is 0.338 e. The summed E-state index contributed by atoms with van der Waals surface area (Å²) in [5.41, 5.74) is 0.488. The molecule has 174 valence electrons. The maximum atomic E-state index is 13.3. The number of nitrogens with one attached hydrogen (secondary N) is 1. The van der Waals surface area contributed by atoms with Crippen molar-refractivity contribution in [2.45, 2.75) is 51.2 Å². The molecule has 2 aromatic rings. The number of rotatable bonds is 6. The first-order valence-corrected chi connectivity index (χ1v) is 11.1. The standard InChI is InChI=1S/C25H28N2O6/c1-16(2)33-20-11-10-17(14-21(20)31-3)23(29)32-15-22(28)27-19-9-5-4-8-18(19)26-24(30)25(27)12-6-7-13-25/h4-5,8-11,14,16H,6-7,12-13,15H2,1-3H3,(H,26,30). The number of ether oxygens (including phenoxy) is 3. The SMILES string of the molecule is COc1cc(C(=O)OCC(=O)N2c3ccccc3NC(=O)C23CCCC3)ccc1OC(C)C. The lowest BCUT2D eigenvalue weighted by Gasteiger charge is -2.44. The van der Waals surface area contributed by atoms with Gasteiger partial charge in [0.1, 0.15) is 5.54 Å². The predicted molar refractivity (Wildman–Crippen MR) is 123 cm³/mol. The first kappa shape index (κ1) is 22.6. The largest absolute Gasteiger partial charge is 0.493 e. The molecule has 2 amide bonds. The molecule has 0 radical (unpaired) electrons. The van der Waals surface area contributed by atoms with Crippen LogP contribution in [0.4, 0.5) is 11.4 Å². The number of methoxy groups -OCH3 is 1. The van der Waals surface area contributed by atoms with E-state index in [2.05, 4.69) is 5.32 Å². The number of amides is 2. The molecule has 1 heterocycles. The summed E-state index contributed by atoms with van der Waals surface area (Å²) in [6.45, 7) is 3.31. The molecule has 2 aromatic carbocycles. The quantitative estimate of drug-likeness (QED) is 0.668. The third-order valence-corrected chi connectivity index (χ3v) is 6.01. The molecule has 4 rings (SSSR count). The van der Waals surface area contributed by atoms with Gasteiger partial charge in [0.15, 0.2) is 18.1 Å². The van der Waals surface area contributed by atoms with Crippen molar-refractivity contribution in [2.75, 3.05) is 23.9 Å². The van der Waals surface area contributed by atoms with E-state index >= 15 is 0 Å². The second-order valence-corrected chi connectivity index (χ2v) is 8.55. The van der Waals surface area contributed by atoms with Crippen molar-refractivity contribution in [3.8, 4) is 11.5 Å². The molecule has 1 aliphatic carbocycles. The molecule has 1 spiro atoms. The molecule has 2 aliphatic rings. The third kappa shape index (κ3) is 4.25. The number of para-hydroxylation sites is 2. The van der Waals surface area contributed by atoms with Gasteiger partial charge in [-0.2, -0.15) is 0 Å². The monoisotopic (exact) mass is 452 g/mol. The van der Waals surface area contributed by atoms with Crippen molar-refractivity contribution in [1.29, 1.82) is 0 Å². The molecule has 1 fully saturated rings. The van der Waals surface area contributed by atoms with Crippen LogP contribution in [-0.2, 0) is 14.3 Å². The van der Waals surface area contributed by atoms with E-state index < -0.39 is 24.0 Å². The maximum Gasteiger partial charge on any atom is 0.338 e. The van der Waals surface area contributed by atoms with Gasteiger partial charge in [-0.15, -0.1) is 0 Å². The van der Waals surface area contributed by atoms with Crippen LogP contribution in [0, 0.1) is 0 Å². The van der Waals surface area contributed by atoms with Gasteiger partial charge in [0.25, 0.3) is 11.8 Å². The number of esters is 1. The summed E-state index contributed by atoms with van der Waals surface area (Å²) in [6, 6.07) is 11.9. The maximum absolute atomic E-state index is 13.3. The van der Waals surface area contributed by atoms with Crippen LogP contribution in [-0.4, -0.2) is 43.1 Å². The molecule has 0 saturated heterocycles. The van der Waals surface area contributed by atoms with E-state index in [1.165, 1.54) is 18.1 Å². The summed E-state index contributed by atoms with van der Waals surface area (Å²) < 4.78 is 16.3. The van der Waals surface area contributed by atoms with Crippen LogP contribution in [0.2, 0.25) is 0 Å². The highest BCUT2D eigenvalue weighted by atomic mass is 16.5. The van der Waals surface area contributed by atoms with Crippen molar-refractivity contribution >= 4 is 29.2 Å². The summed E-state index contributed by atoms with van der Waals surface area (Å²) in [5, 5.41) is 2.93. The molecule has 0 bridgehead atoms. The van der Waals surface area contributed by atoms with Gasteiger partial charge < -0.3 is 19.5 Å².